The minimum atomic E-state index is 0.741. The first-order valence-electron chi connectivity index (χ1n) is 7.29. The molecule has 1 saturated heterocycles. The molecule has 1 aliphatic rings. The Labute approximate surface area is 146 Å². The lowest BCUT2D eigenvalue weighted by molar-refractivity contribution is 0.250. The zero-order valence-corrected chi connectivity index (χ0v) is 14.4. The number of anilines is 1. The minimum absolute atomic E-state index is 0.741. The molecule has 22 heavy (non-hydrogen) atoms. The summed E-state index contributed by atoms with van der Waals surface area (Å²) in [4.78, 5) is 4.74. The Balaban J connectivity index is 1.62. The quantitative estimate of drug-likeness (QED) is 0.767. The summed E-state index contributed by atoms with van der Waals surface area (Å²) >= 11 is 18.6. The highest BCUT2D eigenvalue weighted by molar-refractivity contribution is 6.36. The fourth-order valence-corrected chi connectivity index (χ4v) is 3.45. The second kappa shape index (κ2) is 7.10. The van der Waals surface area contributed by atoms with E-state index in [9.17, 15) is 0 Å². The first-order valence-corrected chi connectivity index (χ1v) is 8.42. The van der Waals surface area contributed by atoms with Crippen LogP contribution < -0.4 is 4.90 Å². The van der Waals surface area contributed by atoms with Crippen molar-refractivity contribution in [3.63, 3.8) is 0 Å². The van der Waals surface area contributed by atoms with Crippen LogP contribution in [0.4, 0.5) is 5.69 Å². The summed E-state index contributed by atoms with van der Waals surface area (Å²) in [5, 5.41) is 2.26. The molecule has 5 heteroatoms. The van der Waals surface area contributed by atoms with Crippen LogP contribution >= 0.6 is 34.8 Å². The van der Waals surface area contributed by atoms with Crippen molar-refractivity contribution in [3.8, 4) is 0 Å². The van der Waals surface area contributed by atoms with Crippen LogP contribution in [0.1, 0.15) is 5.56 Å². The summed E-state index contributed by atoms with van der Waals surface area (Å²) in [5.41, 5.74) is 2.20. The van der Waals surface area contributed by atoms with Gasteiger partial charge >= 0.3 is 0 Å². The Morgan fingerprint density at radius 2 is 1.45 bits per heavy atom. The molecule has 0 amide bonds. The number of hydrogen-bond donors (Lipinski definition) is 0. The second-order valence-corrected chi connectivity index (χ2v) is 6.69. The maximum Gasteiger partial charge on any atom is 0.0465 e. The maximum atomic E-state index is 6.25. The second-order valence-electron chi connectivity index (χ2n) is 5.44. The van der Waals surface area contributed by atoms with E-state index in [1.807, 2.05) is 36.4 Å². The Bertz CT molecular complexity index is 632. The third-order valence-corrected chi connectivity index (χ3v) is 4.93. The summed E-state index contributed by atoms with van der Waals surface area (Å²) in [6, 6.07) is 13.7. The van der Waals surface area contributed by atoms with Crippen LogP contribution in [0.25, 0.3) is 0 Å². The molecule has 2 aromatic rings. The topological polar surface area (TPSA) is 6.48 Å². The van der Waals surface area contributed by atoms with Crippen molar-refractivity contribution in [2.24, 2.45) is 0 Å². The standard InChI is InChI=1S/C17H17Cl3N2/c18-13-3-1-4-14(11-13)22-9-7-21(8-10-22)12-15-16(19)5-2-6-17(15)20/h1-6,11H,7-10,12H2. The van der Waals surface area contributed by atoms with E-state index in [0.717, 1.165) is 53.4 Å². The van der Waals surface area contributed by atoms with Gasteiger partial charge in [0.15, 0.2) is 0 Å². The molecular weight excluding hydrogens is 339 g/mol. The lowest BCUT2D eigenvalue weighted by Crippen LogP contribution is -2.46. The lowest BCUT2D eigenvalue weighted by atomic mass is 10.2. The number of benzene rings is 2. The fourth-order valence-electron chi connectivity index (χ4n) is 2.74. The van der Waals surface area contributed by atoms with Gasteiger partial charge in [0, 0.05) is 59.0 Å². The predicted octanol–water partition coefficient (Wildman–Crippen LogP) is 4.97. The molecule has 3 rings (SSSR count). The lowest BCUT2D eigenvalue weighted by Gasteiger charge is -2.36. The monoisotopic (exact) mass is 354 g/mol. The SMILES string of the molecule is Clc1cccc(N2CCN(Cc3c(Cl)cccc3Cl)CC2)c1. The van der Waals surface area contributed by atoms with Crippen molar-refractivity contribution in [3.05, 3.63) is 63.1 Å². The van der Waals surface area contributed by atoms with Gasteiger partial charge in [-0.05, 0) is 30.3 Å². The first kappa shape index (κ1) is 15.9. The zero-order chi connectivity index (χ0) is 15.5. The van der Waals surface area contributed by atoms with E-state index in [4.69, 9.17) is 34.8 Å². The van der Waals surface area contributed by atoms with Gasteiger partial charge in [-0.15, -0.1) is 0 Å². The van der Waals surface area contributed by atoms with Gasteiger partial charge in [0.1, 0.15) is 0 Å². The summed E-state index contributed by atoms with van der Waals surface area (Å²) in [5.74, 6) is 0. The van der Waals surface area contributed by atoms with E-state index in [1.165, 1.54) is 5.69 Å². The van der Waals surface area contributed by atoms with Crippen molar-refractivity contribution in [2.75, 3.05) is 31.1 Å². The van der Waals surface area contributed by atoms with Gasteiger partial charge in [-0.1, -0.05) is 46.9 Å². The molecule has 0 atom stereocenters. The van der Waals surface area contributed by atoms with Crippen molar-refractivity contribution in [1.29, 1.82) is 0 Å². The molecule has 1 heterocycles. The van der Waals surface area contributed by atoms with Gasteiger partial charge in [-0.25, -0.2) is 0 Å². The molecule has 0 aliphatic carbocycles. The highest BCUT2D eigenvalue weighted by Gasteiger charge is 2.19. The average molecular weight is 356 g/mol. The molecule has 0 unspecified atom stereocenters. The first-order chi connectivity index (χ1) is 10.6. The number of piperazine rings is 1. The van der Waals surface area contributed by atoms with Gasteiger partial charge in [0.2, 0.25) is 0 Å². The molecule has 0 spiro atoms. The predicted molar refractivity (Wildman–Crippen MR) is 95.4 cm³/mol. The van der Waals surface area contributed by atoms with E-state index in [2.05, 4.69) is 15.9 Å². The fraction of sp³-hybridized carbons (Fsp3) is 0.294. The van der Waals surface area contributed by atoms with Crippen molar-refractivity contribution >= 4 is 40.5 Å². The molecule has 116 valence electrons. The molecule has 0 bridgehead atoms. The molecule has 0 saturated carbocycles. The van der Waals surface area contributed by atoms with Gasteiger partial charge in [-0.3, -0.25) is 4.90 Å². The van der Waals surface area contributed by atoms with Crippen LogP contribution in [0.5, 0.6) is 0 Å². The van der Waals surface area contributed by atoms with Crippen molar-refractivity contribution in [1.82, 2.24) is 4.90 Å². The Morgan fingerprint density at radius 3 is 2.09 bits per heavy atom. The van der Waals surface area contributed by atoms with E-state index in [0.29, 0.717) is 0 Å². The average Bonchev–Trinajstić information content (AvgIpc) is 2.52. The number of hydrogen-bond acceptors (Lipinski definition) is 2. The largest absolute Gasteiger partial charge is 0.369 e. The number of nitrogens with zero attached hydrogens (tertiary/aromatic N) is 2. The summed E-state index contributed by atoms with van der Waals surface area (Å²) in [6.07, 6.45) is 0. The summed E-state index contributed by atoms with van der Waals surface area (Å²) < 4.78 is 0. The smallest absolute Gasteiger partial charge is 0.0465 e. The molecule has 2 aromatic carbocycles. The third kappa shape index (κ3) is 3.69. The van der Waals surface area contributed by atoms with Crippen molar-refractivity contribution in [2.45, 2.75) is 6.54 Å². The Morgan fingerprint density at radius 1 is 0.818 bits per heavy atom. The zero-order valence-electron chi connectivity index (χ0n) is 12.1. The molecule has 0 aromatic heterocycles. The minimum Gasteiger partial charge on any atom is -0.369 e. The molecule has 2 nitrogen and oxygen atoms in total. The van der Waals surface area contributed by atoms with E-state index >= 15 is 0 Å². The van der Waals surface area contributed by atoms with E-state index in [1.54, 1.807) is 0 Å². The van der Waals surface area contributed by atoms with Crippen LogP contribution in [-0.2, 0) is 6.54 Å². The Hall–Kier alpha value is -0.930. The number of halogens is 3. The van der Waals surface area contributed by atoms with Crippen molar-refractivity contribution < 1.29 is 0 Å². The van der Waals surface area contributed by atoms with E-state index in [-0.39, 0.29) is 0 Å². The van der Waals surface area contributed by atoms with Gasteiger partial charge in [0.05, 0.1) is 0 Å². The van der Waals surface area contributed by atoms with Crippen LogP contribution in [-0.4, -0.2) is 31.1 Å². The summed E-state index contributed by atoms with van der Waals surface area (Å²) in [6.45, 7) is 4.70. The number of rotatable bonds is 3. The molecule has 0 N–H and O–H groups in total. The van der Waals surface area contributed by atoms with Crippen LogP contribution in [0.3, 0.4) is 0 Å². The molecular formula is C17H17Cl3N2. The Kier molecular flexibility index (Phi) is 5.14. The van der Waals surface area contributed by atoms with Gasteiger partial charge in [0.25, 0.3) is 0 Å². The van der Waals surface area contributed by atoms with Crippen LogP contribution in [0.15, 0.2) is 42.5 Å². The van der Waals surface area contributed by atoms with Crippen LogP contribution in [0, 0.1) is 0 Å². The van der Waals surface area contributed by atoms with Gasteiger partial charge in [-0.2, -0.15) is 0 Å². The van der Waals surface area contributed by atoms with Crippen LogP contribution in [0.2, 0.25) is 15.1 Å². The van der Waals surface area contributed by atoms with Gasteiger partial charge < -0.3 is 4.90 Å². The summed E-state index contributed by atoms with van der Waals surface area (Å²) in [7, 11) is 0. The molecule has 1 fully saturated rings. The highest BCUT2D eigenvalue weighted by atomic mass is 35.5. The maximum absolute atomic E-state index is 6.25. The highest BCUT2D eigenvalue weighted by Crippen LogP contribution is 2.27. The molecule has 0 radical (unpaired) electrons. The third-order valence-electron chi connectivity index (χ3n) is 3.99. The molecule has 1 aliphatic heterocycles. The van der Waals surface area contributed by atoms with E-state index < -0.39 is 0 Å². The normalized spacial score (nSPS) is 16.0.